The molecule has 1 fully saturated rings. The molecule has 0 spiro atoms. The summed E-state index contributed by atoms with van der Waals surface area (Å²) in [4.78, 5) is 4.36. The van der Waals surface area contributed by atoms with Gasteiger partial charge < -0.3 is 30.0 Å². The van der Waals surface area contributed by atoms with Crippen molar-refractivity contribution >= 4 is 33.9 Å². The Kier molecular flexibility index (Phi) is 7.53. The van der Waals surface area contributed by atoms with Crippen LogP contribution >= 0.6 is 11.6 Å². The molecular weight excluding hydrogens is 463 g/mol. The number of hydrogen-bond acceptors (Lipinski definition) is 8. The first-order valence-electron chi connectivity index (χ1n) is 10.8. The Morgan fingerprint density at radius 3 is 2.94 bits per heavy atom. The van der Waals surface area contributed by atoms with Crippen molar-refractivity contribution in [2.45, 2.75) is 18.9 Å². The summed E-state index contributed by atoms with van der Waals surface area (Å²) >= 11 is 5.78. The second kappa shape index (κ2) is 10.7. The SMILES string of the molecule is COc1cc2c(Nc3cc(O)c(Cl)cc3F)c(C#N)cnc2cc1OCCCC1COCCN1. The van der Waals surface area contributed by atoms with E-state index in [1.54, 1.807) is 12.1 Å². The Bertz CT molecular complexity index is 1230. The quantitative estimate of drug-likeness (QED) is 0.399. The number of anilines is 2. The fourth-order valence-corrected chi connectivity index (χ4v) is 3.93. The monoisotopic (exact) mass is 486 g/mol. The zero-order valence-electron chi connectivity index (χ0n) is 18.5. The number of aromatic nitrogens is 1. The van der Waals surface area contributed by atoms with E-state index in [-0.39, 0.29) is 22.0 Å². The van der Waals surface area contributed by atoms with E-state index in [1.165, 1.54) is 13.3 Å². The standard InChI is InChI=1S/C24H24ClFN4O4/c1-32-22-7-16-19(10-23(22)34-5-2-3-15-13-33-6-4-28-15)29-12-14(11-27)24(16)30-20-9-21(31)17(25)8-18(20)26/h7-10,12,15,28,31H,2-6,13H2,1H3,(H,29,30). The molecule has 1 aromatic heterocycles. The van der Waals surface area contributed by atoms with Gasteiger partial charge in [0.25, 0.3) is 0 Å². The van der Waals surface area contributed by atoms with E-state index in [2.05, 4.69) is 21.7 Å². The lowest BCUT2D eigenvalue weighted by Crippen LogP contribution is -2.41. The lowest BCUT2D eigenvalue weighted by Gasteiger charge is -2.23. The summed E-state index contributed by atoms with van der Waals surface area (Å²) in [5.74, 6) is -0.000521. The molecule has 1 saturated heterocycles. The predicted octanol–water partition coefficient (Wildman–Crippen LogP) is 4.50. The van der Waals surface area contributed by atoms with Crippen molar-refractivity contribution in [1.29, 1.82) is 5.26 Å². The number of nitrogens with one attached hydrogen (secondary N) is 2. The Morgan fingerprint density at radius 1 is 1.35 bits per heavy atom. The average Bonchev–Trinajstić information content (AvgIpc) is 2.85. The zero-order valence-corrected chi connectivity index (χ0v) is 19.3. The third-order valence-corrected chi connectivity index (χ3v) is 5.83. The fraction of sp³-hybridized carbons (Fsp3) is 0.333. The van der Waals surface area contributed by atoms with Crippen molar-refractivity contribution in [3.05, 3.63) is 46.9 Å². The van der Waals surface area contributed by atoms with Gasteiger partial charge in [-0.3, -0.25) is 4.98 Å². The maximum atomic E-state index is 14.5. The number of benzene rings is 2. The summed E-state index contributed by atoms with van der Waals surface area (Å²) in [5, 5.41) is 26.2. The third kappa shape index (κ3) is 5.25. The number of methoxy groups -OCH3 is 1. The largest absolute Gasteiger partial charge is 0.506 e. The van der Waals surface area contributed by atoms with Gasteiger partial charge in [0.15, 0.2) is 11.5 Å². The van der Waals surface area contributed by atoms with Gasteiger partial charge in [0, 0.05) is 36.3 Å². The minimum atomic E-state index is -0.679. The third-order valence-electron chi connectivity index (χ3n) is 5.52. The van der Waals surface area contributed by atoms with Gasteiger partial charge in [-0.25, -0.2) is 4.39 Å². The van der Waals surface area contributed by atoms with Gasteiger partial charge >= 0.3 is 0 Å². The Morgan fingerprint density at radius 2 is 2.21 bits per heavy atom. The summed E-state index contributed by atoms with van der Waals surface area (Å²) in [6.45, 7) is 2.78. The molecule has 8 nitrogen and oxygen atoms in total. The number of fused-ring (bicyclic) bond motifs is 1. The van der Waals surface area contributed by atoms with Crippen molar-refractivity contribution in [1.82, 2.24) is 10.3 Å². The van der Waals surface area contributed by atoms with Crippen LogP contribution in [0.1, 0.15) is 18.4 Å². The first-order chi connectivity index (χ1) is 16.5. The second-order valence-corrected chi connectivity index (χ2v) is 8.21. The number of aromatic hydroxyl groups is 1. The topological polar surface area (TPSA) is 109 Å². The number of phenolic OH excluding ortho intramolecular Hbond substituents is 1. The number of hydrogen-bond donors (Lipinski definition) is 3. The highest BCUT2D eigenvalue weighted by atomic mass is 35.5. The second-order valence-electron chi connectivity index (χ2n) is 7.80. The highest BCUT2D eigenvalue weighted by Gasteiger charge is 2.17. The van der Waals surface area contributed by atoms with E-state index >= 15 is 0 Å². The van der Waals surface area contributed by atoms with Gasteiger partial charge in [0.2, 0.25) is 0 Å². The number of nitrogens with zero attached hydrogens (tertiary/aromatic N) is 2. The molecular formula is C24H24ClFN4O4. The lowest BCUT2D eigenvalue weighted by atomic mass is 10.1. The van der Waals surface area contributed by atoms with Crippen LogP contribution in [-0.4, -0.2) is 49.6 Å². The van der Waals surface area contributed by atoms with Crippen LogP contribution in [0.3, 0.4) is 0 Å². The normalized spacial score (nSPS) is 15.6. The summed E-state index contributed by atoms with van der Waals surface area (Å²) in [6.07, 6.45) is 3.14. The number of rotatable bonds is 8. The van der Waals surface area contributed by atoms with E-state index < -0.39 is 5.82 Å². The van der Waals surface area contributed by atoms with Crippen LogP contribution in [0.5, 0.6) is 17.2 Å². The Labute approximate surface area is 201 Å². The maximum absolute atomic E-state index is 14.5. The number of halogens is 2. The fourth-order valence-electron chi connectivity index (χ4n) is 3.78. The van der Waals surface area contributed by atoms with Crippen LogP contribution in [-0.2, 0) is 4.74 Å². The maximum Gasteiger partial charge on any atom is 0.163 e. The van der Waals surface area contributed by atoms with Crippen molar-refractivity contribution < 1.29 is 23.7 Å². The van der Waals surface area contributed by atoms with Crippen LogP contribution in [0.2, 0.25) is 5.02 Å². The minimum Gasteiger partial charge on any atom is -0.506 e. The molecule has 3 N–H and O–H groups in total. The average molecular weight is 487 g/mol. The van der Waals surface area contributed by atoms with E-state index in [4.69, 9.17) is 25.8 Å². The molecule has 3 aromatic rings. The number of morpholine rings is 1. The predicted molar refractivity (Wildman–Crippen MR) is 127 cm³/mol. The van der Waals surface area contributed by atoms with E-state index in [9.17, 15) is 14.8 Å². The highest BCUT2D eigenvalue weighted by Crippen LogP contribution is 2.38. The molecule has 2 aromatic carbocycles. The molecule has 0 amide bonds. The van der Waals surface area contributed by atoms with Crippen molar-refractivity contribution in [3.8, 4) is 23.3 Å². The first kappa shape index (κ1) is 23.8. The molecule has 1 aliphatic heterocycles. The summed E-state index contributed by atoms with van der Waals surface area (Å²) in [6, 6.07) is 7.94. The molecule has 10 heteroatoms. The van der Waals surface area contributed by atoms with Crippen LogP contribution in [0.15, 0.2) is 30.5 Å². The molecule has 0 bridgehead atoms. The molecule has 4 rings (SSSR count). The molecule has 1 aliphatic rings. The molecule has 0 aliphatic carbocycles. The van der Waals surface area contributed by atoms with Gasteiger partial charge in [-0.15, -0.1) is 0 Å². The number of nitriles is 1. The number of phenols is 1. The van der Waals surface area contributed by atoms with Gasteiger partial charge in [-0.05, 0) is 25.0 Å². The smallest absolute Gasteiger partial charge is 0.163 e. The number of pyridine rings is 1. The molecule has 0 saturated carbocycles. The van der Waals surface area contributed by atoms with Gasteiger partial charge in [-0.1, -0.05) is 11.6 Å². The van der Waals surface area contributed by atoms with Crippen LogP contribution < -0.4 is 20.1 Å². The molecule has 2 heterocycles. The summed E-state index contributed by atoms with van der Waals surface area (Å²) in [5.41, 5.74) is 1.00. The van der Waals surface area contributed by atoms with Gasteiger partial charge in [-0.2, -0.15) is 5.26 Å². The van der Waals surface area contributed by atoms with Gasteiger partial charge in [0.05, 0.1) is 54.4 Å². The number of ether oxygens (including phenoxy) is 3. The van der Waals surface area contributed by atoms with E-state index in [0.717, 1.165) is 38.1 Å². The zero-order chi connectivity index (χ0) is 24.1. The van der Waals surface area contributed by atoms with Crippen molar-refractivity contribution in [3.63, 3.8) is 0 Å². The van der Waals surface area contributed by atoms with E-state index in [0.29, 0.717) is 47.3 Å². The molecule has 34 heavy (non-hydrogen) atoms. The Hall–Kier alpha value is -3.32. The summed E-state index contributed by atoms with van der Waals surface area (Å²) < 4.78 is 31.4. The molecule has 1 unspecified atom stereocenters. The van der Waals surface area contributed by atoms with Crippen molar-refractivity contribution in [2.24, 2.45) is 0 Å². The first-order valence-corrected chi connectivity index (χ1v) is 11.2. The molecule has 178 valence electrons. The molecule has 1 atom stereocenters. The highest BCUT2D eigenvalue weighted by molar-refractivity contribution is 6.32. The lowest BCUT2D eigenvalue weighted by molar-refractivity contribution is 0.0721. The van der Waals surface area contributed by atoms with Crippen LogP contribution in [0, 0.1) is 17.1 Å². The van der Waals surface area contributed by atoms with Crippen LogP contribution in [0.25, 0.3) is 10.9 Å². The molecule has 0 radical (unpaired) electrons. The van der Waals surface area contributed by atoms with Crippen LogP contribution in [0.4, 0.5) is 15.8 Å². The van der Waals surface area contributed by atoms with E-state index in [1.807, 2.05) is 0 Å². The van der Waals surface area contributed by atoms with Crippen molar-refractivity contribution in [2.75, 3.05) is 38.8 Å². The van der Waals surface area contributed by atoms with Gasteiger partial charge in [0.1, 0.15) is 17.6 Å². The minimum absolute atomic E-state index is 0.0366. The summed E-state index contributed by atoms with van der Waals surface area (Å²) in [7, 11) is 1.52. The Balaban J connectivity index is 1.59.